The van der Waals surface area contributed by atoms with Crippen LogP contribution in [0.25, 0.3) is 0 Å². The maximum Gasteiger partial charge on any atom is 0.136 e. The first-order valence-corrected chi connectivity index (χ1v) is 5.82. The van der Waals surface area contributed by atoms with Gasteiger partial charge in [-0.1, -0.05) is 15.9 Å². The summed E-state index contributed by atoms with van der Waals surface area (Å²) in [6, 6.07) is 4.03. The number of rotatable bonds is 1. The third-order valence-electron chi connectivity index (χ3n) is 2.13. The van der Waals surface area contributed by atoms with Crippen LogP contribution in [0.15, 0.2) is 16.6 Å². The lowest BCUT2D eigenvalue weighted by Crippen LogP contribution is -2.04. The predicted molar refractivity (Wildman–Crippen MR) is 62.2 cm³/mol. The Morgan fingerprint density at radius 3 is 3.08 bits per heavy atom. The molecule has 2 nitrogen and oxygen atoms in total. The molecule has 0 aliphatic carbocycles. The predicted octanol–water partition coefficient (Wildman–Crippen LogP) is 2.52. The lowest BCUT2D eigenvalue weighted by atomic mass is 10.0. The largest absolute Gasteiger partial charge is 0.491 e. The molecule has 0 fully saturated rings. The van der Waals surface area contributed by atoms with Crippen molar-refractivity contribution in [2.45, 2.75) is 5.92 Å². The van der Waals surface area contributed by atoms with E-state index in [-0.39, 0.29) is 12.5 Å². The van der Waals surface area contributed by atoms with Crippen molar-refractivity contribution in [1.29, 1.82) is 0 Å². The quantitative estimate of drug-likeness (QED) is 0.785. The molecular weight excluding hydrogens is 347 g/mol. The minimum atomic E-state index is 0.140. The molecule has 4 heteroatoms. The zero-order valence-electron chi connectivity index (χ0n) is 6.76. The van der Waals surface area contributed by atoms with Gasteiger partial charge in [0.25, 0.3) is 0 Å². The van der Waals surface area contributed by atoms with Crippen molar-refractivity contribution in [2.75, 3.05) is 13.2 Å². The van der Waals surface area contributed by atoms with Gasteiger partial charge in [-0.3, -0.25) is 0 Å². The van der Waals surface area contributed by atoms with E-state index in [1.165, 1.54) is 0 Å². The molecule has 0 aromatic heterocycles. The monoisotopic (exact) mass is 354 g/mol. The number of aliphatic hydroxyl groups is 1. The molecule has 1 aromatic rings. The number of ether oxygens (including phenoxy) is 1. The fourth-order valence-corrected chi connectivity index (χ4v) is 3.17. The SMILES string of the molecule is OCC1COc2c(I)cc(Br)cc21. The molecule has 13 heavy (non-hydrogen) atoms. The van der Waals surface area contributed by atoms with Crippen molar-refractivity contribution >= 4 is 38.5 Å². The summed E-state index contributed by atoms with van der Waals surface area (Å²) >= 11 is 5.67. The van der Waals surface area contributed by atoms with Gasteiger partial charge in [0.1, 0.15) is 5.75 Å². The van der Waals surface area contributed by atoms with Crippen LogP contribution in [0.2, 0.25) is 0 Å². The number of fused-ring (bicyclic) bond motifs is 1. The maximum atomic E-state index is 9.10. The Kier molecular flexibility index (Phi) is 2.80. The Hall–Kier alpha value is 0.190. The first-order chi connectivity index (χ1) is 6.22. The number of aliphatic hydroxyl groups excluding tert-OH is 1. The van der Waals surface area contributed by atoms with Gasteiger partial charge < -0.3 is 9.84 Å². The van der Waals surface area contributed by atoms with E-state index in [1.54, 1.807) is 0 Å². The van der Waals surface area contributed by atoms with Crippen LogP contribution in [-0.2, 0) is 0 Å². The van der Waals surface area contributed by atoms with Gasteiger partial charge >= 0.3 is 0 Å². The highest BCUT2D eigenvalue weighted by atomic mass is 127. The van der Waals surface area contributed by atoms with Crippen LogP contribution >= 0.6 is 38.5 Å². The first-order valence-electron chi connectivity index (χ1n) is 3.95. The zero-order chi connectivity index (χ0) is 9.42. The highest BCUT2D eigenvalue weighted by molar-refractivity contribution is 14.1. The second-order valence-corrected chi connectivity index (χ2v) is 5.07. The van der Waals surface area contributed by atoms with E-state index in [2.05, 4.69) is 38.5 Å². The first kappa shape index (κ1) is 9.73. The van der Waals surface area contributed by atoms with Crippen LogP contribution in [0.4, 0.5) is 0 Å². The number of benzene rings is 1. The van der Waals surface area contributed by atoms with E-state index in [0.717, 1.165) is 19.4 Å². The fourth-order valence-electron chi connectivity index (χ4n) is 1.46. The molecule has 0 bridgehead atoms. The summed E-state index contributed by atoms with van der Waals surface area (Å²) in [6.45, 7) is 0.748. The molecule has 1 aromatic carbocycles. The second kappa shape index (κ2) is 3.74. The summed E-state index contributed by atoms with van der Waals surface area (Å²) in [7, 11) is 0. The van der Waals surface area contributed by atoms with Crippen molar-refractivity contribution in [3.63, 3.8) is 0 Å². The smallest absolute Gasteiger partial charge is 0.136 e. The Morgan fingerprint density at radius 2 is 2.38 bits per heavy atom. The van der Waals surface area contributed by atoms with Crippen molar-refractivity contribution in [3.05, 3.63) is 25.7 Å². The van der Waals surface area contributed by atoms with Crippen LogP contribution in [0, 0.1) is 3.57 Å². The van der Waals surface area contributed by atoms with E-state index in [1.807, 2.05) is 12.1 Å². The molecule has 1 unspecified atom stereocenters. The average Bonchev–Trinajstić information content (AvgIpc) is 2.47. The summed E-state index contributed by atoms with van der Waals surface area (Å²) in [5.74, 6) is 1.07. The standard InChI is InChI=1S/C9H8BrIO2/c10-6-1-7-5(3-12)4-13-9(7)8(11)2-6/h1-2,5,12H,3-4H2. The number of halogens is 2. The molecule has 1 N–H and O–H groups in total. The van der Waals surface area contributed by atoms with Gasteiger partial charge in [-0.25, -0.2) is 0 Å². The van der Waals surface area contributed by atoms with Crippen molar-refractivity contribution in [3.8, 4) is 5.75 Å². The molecular formula is C9H8BrIO2. The third kappa shape index (κ3) is 1.71. The van der Waals surface area contributed by atoms with Crippen LogP contribution in [0.5, 0.6) is 5.75 Å². The lowest BCUT2D eigenvalue weighted by Gasteiger charge is -2.04. The van der Waals surface area contributed by atoms with Gasteiger partial charge in [0, 0.05) is 16.0 Å². The minimum absolute atomic E-state index is 0.140. The van der Waals surface area contributed by atoms with Crippen molar-refractivity contribution in [2.24, 2.45) is 0 Å². The highest BCUT2D eigenvalue weighted by Crippen LogP contribution is 2.39. The number of hydrogen-bond acceptors (Lipinski definition) is 2. The molecule has 1 aliphatic heterocycles. The molecule has 1 heterocycles. The van der Waals surface area contributed by atoms with Crippen molar-refractivity contribution in [1.82, 2.24) is 0 Å². The Morgan fingerprint density at radius 1 is 1.62 bits per heavy atom. The van der Waals surface area contributed by atoms with E-state index in [0.29, 0.717) is 6.61 Å². The Labute approximate surface area is 98.6 Å². The summed E-state index contributed by atoms with van der Waals surface area (Å²) in [5.41, 5.74) is 1.11. The molecule has 70 valence electrons. The van der Waals surface area contributed by atoms with Crippen molar-refractivity contribution < 1.29 is 9.84 Å². The zero-order valence-corrected chi connectivity index (χ0v) is 10.5. The highest BCUT2D eigenvalue weighted by Gasteiger charge is 2.25. The summed E-state index contributed by atoms with van der Waals surface area (Å²) < 4.78 is 7.64. The second-order valence-electron chi connectivity index (χ2n) is 3.00. The third-order valence-corrected chi connectivity index (χ3v) is 3.39. The molecule has 0 radical (unpaired) electrons. The molecule has 0 saturated carbocycles. The molecule has 1 aliphatic rings. The van der Waals surface area contributed by atoms with E-state index < -0.39 is 0 Å². The molecule has 0 amide bonds. The van der Waals surface area contributed by atoms with Gasteiger partial charge in [0.05, 0.1) is 16.8 Å². The fraction of sp³-hybridized carbons (Fsp3) is 0.333. The van der Waals surface area contributed by atoms with Gasteiger partial charge in [0.2, 0.25) is 0 Å². The summed E-state index contributed by atoms with van der Waals surface area (Å²) in [4.78, 5) is 0. The normalized spacial score (nSPS) is 19.8. The maximum absolute atomic E-state index is 9.10. The van der Waals surface area contributed by atoms with Gasteiger partial charge in [-0.2, -0.15) is 0 Å². The summed E-state index contributed by atoms with van der Waals surface area (Å²) in [5, 5.41) is 9.10. The van der Waals surface area contributed by atoms with E-state index in [9.17, 15) is 0 Å². The average molecular weight is 355 g/mol. The van der Waals surface area contributed by atoms with E-state index in [4.69, 9.17) is 9.84 Å². The van der Waals surface area contributed by atoms with Crippen LogP contribution in [-0.4, -0.2) is 18.3 Å². The van der Waals surface area contributed by atoms with Crippen LogP contribution < -0.4 is 4.74 Å². The van der Waals surface area contributed by atoms with Crippen LogP contribution in [0.3, 0.4) is 0 Å². The van der Waals surface area contributed by atoms with Crippen LogP contribution in [0.1, 0.15) is 11.5 Å². The minimum Gasteiger partial charge on any atom is -0.491 e. The number of hydrogen-bond donors (Lipinski definition) is 1. The van der Waals surface area contributed by atoms with Gasteiger partial charge in [0.15, 0.2) is 0 Å². The summed E-state index contributed by atoms with van der Waals surface area (Å²) in [6.07, 6.45) is 0. The molecule has 0 spiro atoms. The lowest BCUT2D eigenvalue weighted by molar-refractivity contribution is 0.231. The Bertz CT molecular complexity index is 341. The molecule has 0 saturated heterocycles. The van der Waals surface area contributed by atoms with Gasteiger partial charge in [-0.15, -0.1) is 0 Å². The Balaban J connectivity index is 2.51. The molecule has 2 rings (SSSR count). The topological polar surface area (TPSA) is 29.5 Å². The molecule has 1 atom stereocenters. The van der Waals surface area contributed by atoms with E-state index >= 15 is 0 Å². The van der Waals surface area contributed by atoms with Gasteiger partial charge in [-0.05, 0) is 34.7 Å².